The van der Waals surface area contributed by atoms with Gasteiger partial charge in [-0.25, -0.2) is 9.97 Å². The van der Waals surface area contributed by atoms with Gasteiger partial charge in [0.2, 0.25) is 5.91 Å². The van der Waals surface area contributed by atoms with Crippen molar-refractivity contribution >= 4 is 16.8 Å². The lowest BCUT2D eigenvalue weighted by molar-refractivity contribution is -0.120. The Bertz CT molecular complexity index is 779. The zero-order chi connectivity index (χ0) is 14.7. The molecular weight excluding hydrogens is 264 g/mol. The molecule has 1 amide bonds. The summed E-state index contributed by atoms with van der Waals surface area (Å²) in [4.78, 5) is 23.4. The Labute approximate surface area is 122 Å². The van der Waals surface area contributed by atoms with Crippen molar-refractivity contribution in [2.75, 3.05) is 0 Å². The maximum absolute atomic E-state index is 12.0. The number of carbonyl (C=O) groups excluding carboxylic acids is 1. The fraction of sp³-hybridized carbons (Fsp3) is 0.188. The smallest absolute Gasteiger partial charge is 0.224 e. The van der Waals surface area contributed by atoms with Crippen LogP contribution in [0.1, 0.15) is 17.0 Å². The summed E-state index contributed by atoms with van der Waals surface area (Å²) in [6, 6.07) is 9.83. The Morgan fingerprint density at radius 1 is 1.29 bits per heavy atom. The average Bonchev–Trinajstić information content (AvgIpc) is 2.89. The molecule has 0 atom stereocenters. The minimum atomic E-state index is -0.0176. The Morgan fingerprint density at radius 3 is 3.00 bits per heavy atom. The zero-order valence-corrected chi connectivity index (χ0v) is 11.8. The standard InChI is InChI=1S/C16H16N4O/c1-11-6-13(20-10-19-11)9-18-16(21)7-12-8-17-15-5-3-2-4-14(12)15/h2-6,8,10,17H,7,9H2,1H3,(H,18,21). The first-order valence-electron chi connectivity index (χ1n) is 6.81. The summed E-state index contributed by atoms with van der Waals surface area (Å²) in [5.41, 5.74) is 3.76. The van der Waals surface area contributed by atoms with Crippen LogP contribution < -0.4 is 5.32 Å². The highest BCUT2D eigenvalue weighted by molar-refractivity contribution is 5.88. The van der Waals surface area contributed by atoms with Crippen molar-refractivity contribution in [2.24, 2.45) is 0 Å². The SMILES string of the molecule is Cc1cc(CNC(=O)Cc2c[nH]c3ccccc23)ncn1. The lowest BCUT2D eigenvalue weighted by Gasteiger charge is -2.04. The molecule has 2 heterocycles. The largest absolute Gasteiger partial charge is 0.361 e. The Kier molecular flexibility index (Phi) is 3.64. The Balaban J connectivity index is 1.64. The molecular formula is C16H16N4O. The molecule has 2 aromatic heterocycles. The second-order valence-corrected chi connectivity index (χ2v) is 4.96. The predicted molar refractivity (Wildman–Crippen MR) is 80.6 cm³/mol. The number of aromatic nitrogens is 3. The number of nitrogens with zero attached hydrogens (tertiary/aromatic N) is 2. The molecule has 0 aliphatic carbocycles. The van der Waals surface area contributed by atoms with Crippen molar-refractivity contribution in [1.29, 1.82) is 0 Å². The summed E-state index contributed by atoms with van der Waals surface area (Å²) in [5, 5.41) is 3.97. The normalized spacial score (nSPS) is 10.7. The van der Waals surface area contributed by atoms with Crippen LogP contribution in [0.15, 0.2) is 42.9 Å². The van der Waals surface area contributed by atoms with E-state index in [0.29, 0.717) is 13.0 Å². The van der Waals surface area contributed by atoms with E-state index >= 15 is 0 Å². The summed E-state index contributed by atoms with van der Waals surface area (Å²) >= 11 is 0. The third-order valence-electron chi connectivity index (χ3n) is 3.35. The number of amides is 1. The number of hydrogen-bond acceptors (Lipinski definition) is 3. The van der Waals surface area contributed by atoms with Gasteiger partial charge in [-0.3, -0.25) is 4.79 Å². The number of benzene rings is 1. The minimum absolute atomic E-state index is 0.0176. The third kappa shape index (κ3) is 3.08. The first kappa shape index (κ1) is 13.3. The van der Waals surface area contributed by atoms with Crippen molar-refractivity contribution in [1.82, 2.24) is 20.3 Å². The number of carbonyl (C=O) groups is 1. The number of aromatic amines is 1. The molecule has 0 saturated heterocycles. The monoisotopic (exact) mass is 280 g/mol. The average molecular weight is 280 g/mol. The van der Waals surface area contributed by atoms with Gasteiger partial charge in [0.25, 0.3) is 0 Å². The summed E-state index contributed by atoms with van der Waals surface area (Å²) in [7, 11) is 0. The highest BCUT2D eigenvalue weighted by atomic mass is 16.1. The van der Waals surface area contributed by atoms with E-state index in [1.807, 2.05) is 43.5 Å². The number of rotatable bonds is 4. The third-order valence-corrected chi connectivity index (χ3v) is 3.35. The van der Waals surface area contributed by atoms with E-state index in [4.69, 9.17) is 0 Å². The van der Waals surface area contributed by atoms with Crippen molar-refractivity contribution in [2.45, 2.75) is 19.9 Å². The molecule has 0 saturated carbocycles. The van der Waals surface area contributed by atoms with E-state index in [9.17, 15) is 4.79 Å². The molecule has 3 aromatic rings. The van der Waals surface area contributed by atoms with Gasteiger partial charge >= 0.3 is 0 Å². The van der Waals surface area contributed by atoms with Gasteiger partial charge in [0.15, 0.2) is 0 Å². The van der Waals surface area contributed by atoms with Crippen molar-refractivity contribution in [3.8, 4) is 0 Å². The molecule has 2 N–H and O–H groups in total. The molecule has 0 radical (unpaired) electrons. The second kappa shape index (κ2) is 5.75. The van der Waals surface area contributed by atoms with Crippen LogP contribution in [0.3, 0.4) is 0 Å². The van der Waals surface area contributed by atoms with E-state index in [1.165, 1.54) is 6.33 Å². The van der Waals surface area contributed by atoms with E-state index in [2.05, 4.69) is 20.3 Å². The van der Waals surface area contributed by atoms with Crippen molar-refractivity contribution in [3.63, 3.8) is 0 Å². The molecule has 0 unspecified atom stereocenters. The molecule has 0 aliphatic heterocycles. The summed E-state index contributed by atoms with van der Waals surface area (Å²) in [6.45, 7) is 2.32. The fourth-order valence-corrected chi connectivity index (χ4v) is 2.31. The second-order valence-electron chi connectivity index (χ2n) is 4.96. The molecule has 0 bridgehead atoms. The summed E-state index contributed by atoms with van der Waals surface area (Å²) in [5.74, 6) is -0.0176. The first-order valence-corrected chi connectivity index (χ1v) is 6.81. The quantitative estimate of drug-likeness (QED) is 0.769. The maximum atomic E-state index is 12.0. The number of hydrogen-bond donors (Lipinski definition) is 2. The van der Waals surface area contributed by atoms with Crippen LogP contribution in [0.4, 0.5) is 0 Å². The van der Waals surface area contributed by atoms with Crippen LogP contribution >= 0.6 is 0 Å². The van der Waals surface area contributed by atoms with Gasteiger partial charge < -0.3 is 10.3 Å². The van der Waals surface area contributed by atoms with Crippen molar-refractivity contribution < 1.29 is 4.79 Å². The summed E-state index contributed by atoms with van der Waals surface area (Å²) < 4.78 is 0. The van der Waals surface area contributed by atoms with Crippen molar-refractivity contribution in [3.05, 3.63) is 59.8 Å². The minimum Gasteiger partial charge on any atom is -0.361 e. The highest BCUT2D eigenvalue weighted by Crippen LogP contribution is 2.17. The fourth-order valence-electron chi connectivity index (χ4n) is 2.31. The zero-order valence-electron chi connectivity index (χ0n) is 11.8. The number of fused-ring (bicyclic) bond motifs is 1. The number of para-hydroxylation sites is 1. The Hall–Kier alpha value is -2.69. The lowest BCUT2D eigenvalue weighted by atomic mass is 10.1. The molecule has 5 heteroatoms. The van der Waals surface area contributed by atoms with E-state index in [0.717, 1.165) is 27.9 Å². The number of aryl methyl sites for hydroxylation is 1. The van der Waals surface area contributed by atoms with Gasteiger partial charge in [-0.1, -0.05) is 18.2 Å². The molecule has 0 fully saturated rings. The maximum Gasteiger partial charge on any atom is 0.224 e. The van der Waals surface area contributed by atoms with E-state index < -0.39 is 0 Å². The van der Waals surface area contributed by atoms with Crippen LogP contribution in [0.5, 0.6) is 0 Å². The molecule has 0 aliphatic rings. The predicted octanol–water partition coefficient (Wildman–Crippen LogP) is 2.13. The Morgan fingerprint density at radius 2 is 2.14 bits per heavy atom. The van der Waals surface area contributed by atoms with Gasteiger partial charge in [-0.2, -0.15) is 0 Å². The lowest BCUT2D eigenvalue weighted by Crippen LogP contribution is -2.25. The van der Waals surface area contributed by atoms with Crippen LogP contribution in [0.25, 0.3) is 10.9 Å². The van der Waals surface area contributed by atoms with E-state index in [-0.39, 0.29) is 5.91 Å². The van der Waals surface area contributed by atoms with Gasteiger partial charge in [0, 0.05) is 22.8 Å². The van der Waals surface area contributed by atoms with Gasteiger partial charge in [0.1, 0.15) is 6.33 Å². The van der Waals surface area contributed by atoms with E-state index in [1.54, 1.807) is 0 Å². The molecule has 5 nitrogen and oxygen atoms in total. The van der Waals surface area contributed by atoms with Crippen LogP contribution in [-0.4, -0.2) is 20.9 Å². The summed E-state index contributed by atoms with van der Waals surface area (Å²) in [6.07, 6.45) is 3.75. The first-order chi connectivity index (χ1) is 10.2. The number of nitrogens with one attached hydrogen (secondary N) is 2. The van der Waals surface area contributed by atoms with Gasteiger partial charge in [-0.05, 0) is 24.6 Å². The molecule has 0 spiro atoms. The van der Waals surface area contributed by atoms with Crippen LogP contribution in [0, 0.1) is 6.92 Å². The molecule has 1 aromatic carbocycles. The van der Waals surface area contributed by atoms with Crippen LogP contribution in [0.2, 0.25) is 0 Å². The molecule has 3 rings (SSSR count). The highest BCUT2D eigenvalue weighted by Gasteiger charge is 2.08. The number of H-pyrrole nitrogens is 1. The molecule has 106 valence electrons. The van der Waals surface area contributed by atoms with Gasteiger partial charge in [0.05, 0.1) is 18.7 Å². The van der Waals surface area contributed by atoms with Gasteiger partial charge in [-0.15, -0.1) is 0 Å². The topological polar surface area (TPSA) is 70.7 Å². The van der Waals surface area contributed by atoms with Crippen LogP contribution in [-0.2, 0) is 17.8 Å². The molecule has 21 heavy (non-hydrogen) atoms.